The molecular weight excluding hydrogens is 452 g/mol. The van der Waals surface area contributed by atoms with Crippen molar-refractivity contribution in [2.75, 3.05) is 13.2 Å². The maximum absolute atomic E-state index is 12.7. The van der Waals surface area contributed by atoms with E-state index in [4.69, 9.17) is 18.9 Å². The molecule has 10 heteroatoms. The van der Waals surface area contributed by atoms with Crippen LogP contribution in [-0.2, 0) is 25.6 Å². The zero-order valence-electron chi connectivity index (χ0n) is 18.6. The van der Waals surface area contributed by atoms with Crippen LogP contribution in [0.15, 0.2) is 78.1 Å². The number of carbonyl (C=O) groups excluding carboxylic acids is 1. The van der Waals surface area contributed by atoms with Gasteiger partial charge in [-0.1, -0.05) is 48.5 Å². The molecule has 0 spiro atoms. The highest BCUT2D eigenvalue weighted by Gasteiger charge is 2.64. The van der Waals surface area contributed by atoms with E-state index in [2.05, 4.69) is 15.0 Å². The highest BCUT2D eigenvalue weighted by molar-refractivity contribution is 5.89. The van der Waals surface area contributed by atoms with Crippen molar-refractivity contribution in [3.8, 4) is 0 Å². The van der Waals surface area contributed by atoms with Crippen LogP contribution in [0.4, 0.5) is 0 Å². The Morgan fingerprint density at radius 2 is 1.89 bits per heavy atom. The minimum Gasteiger partial charge on any atom is -0.459 e. The molecule has 10 nitrogen and oxygen atoms in total. The number of rotatable bonds is 7. The zero-order chi connectivity index (χ0) is 23.8. The maximum atomic E-state index is 12.7. The van der Waals surface area contributed by atoms with Gasteiger partial charge in [-0.25, -0.2) is 14.8 Å². The van der Waals surface area contributed by atoms with E-state index in [1.165, 1.54) is 12.7 Å². The molecule has 2 saturated heterocycles. The van der Waals surface area contributed by atoms with Crippen LogP contribution >= 0.6 is 0 Å². The van der Waals surface area contributed by atoms with Crippen molar-refractivity contribution >= 4 is 17.1 Å². The molecule has 4 aromatic rings. The third kappa shape index (κ3) is 3.81. The molecule has 2 fully saturated rings. The van der Waals surface area contributed by atoms with Crippen molar-refractivity contribution in [3.63, 3.8) is 0 Å². The quantitative estimate of drug-likeness (QED) is 0.405. The number of aromatic nitrogens is 4. The summed E-state index contributed by atoms with van der Waals surface area (Å²) in [5.41, 5.74) is 0.624. The molecule has 2 aromatic carbocycles. The van der Waals surface area contributed by atoms with Gasteiger partial charge in [0.05, 0.1) is 31.4 Å². The average molecular weight is 474 g/mol. The number of benzene rings is 2. The maximum Gasteiger partial charge on any atom is 0.338 e. The number of hydrogen-bond donors (Lipinski definition) is 1. The second-order valence-corrected chi connectivity index (χ2v) is 8.56. The summed E-state index contributed by atoms with van der Waals surface area (Å²) in [5.74, 6) is -0.460. The van der Waals surface area contributed by atoms with Gasteiger partial charge >= 0.3 is 5.97 Å². The number of carbonyl (C=O) groups is 1. The number of nitrogens with one attached hydrogen (secondary N) is 1. The molecule has 0 saturated carbocycles. The standard InChI is InChI=1S/C25H22N4O6/c30-22-18-21(26-14-27-22)29(15-28-18)23-19-20(32-11-16-7-3-1-4-8-16)25(35-23,12-33-19)13-34-24(31)17-9-5-2-6-10-17/h1-10,14-15,19-20,23H,11-13H2,(H,26,27,30)/t19-,20+,23-,25-/m1/s1. The summed E-state index contributed by atoms with van der Waals surface area (Å²) in [6, 6.07) is 18.5. The fourth-order valence-electron chi connectivity index (χ4n) is 4.62. The van der Waals surface area contributed by atoms with Gasteiger partial charge in [0.1, 0.15) is 18.8 Å². The molecule has 0 unspecified atom stereocenters. The molecule has 4 heterocycles. The van der Waals surface area contributed by atoms with Gasteiger partial charge in [0, 0.05) is 0 Å². The van der Waals surface area contributed by atoms with Crippen LogP contribution < -0.4 is 5.56 Å². The third-order valence-electron chi connectivity index (χ3n) is 6.34. The minimum atomic E-state index is -1.04. The molecule has 1 N–H and O–H groups in total. The lowest BCUT2D eigenvalue weighted by Crippen LogP contribution is -2.46. The molecule has 0 radical (unpaired) electrons. The van der Waals surface area contributed by atoms with E-state index in [1.54, 1.807) is 28.8 Å². The summed E-state index contributed by atoms with van der Waals surface area (Å²) < 4.78 is 26.2. The molecule has 2 aromatic heterocycles. The number of ether oxygens (including phenoxy) is 4. The molecule has 0 amide bonds. The van der Waals surface area contributed by atoms with Crippen molar-refractivity contribution in [3.05, 3.63) is 94.8 Å². The largest absolute Gasteiger partial charge is 0.459 e. The predicted molar refractivity (Wildman–Crippen MR) is 122 cm³/mol. The van der Waals surface area contributed by atoms with Crippen LogP contribution in [0.3, 0.4) is 0 Å². The fourth-order valence-corrected chi connectivity index (χ4v) is 4.62. The second-order valence-electron chi connectivity index (χ2n) is 8.56. The summed E-state index contributed by atoms with van der Waals surface area (Å²) in [4.78, 5) is 35.8. The third-order valence-corrected chi connectivity index (χ3v) is 6.34. The van der Waals surface area contributed by atoms with Gasteiger partial charge in [-0.05, 0) is 17.7 Å². The smallest absolute Gasteiger partial charge is 0.338 e. The van der Waals surface area contributed by atoms with Gasteiger partial charge in [-0.15, -0.1) is 0 Å². The number of nitrogens with zero attached hydrogens (tertiary/aromatic N) is 3. The number of H-pyrrole nitrogens is 1. The Hall–Kier alpha value is -3.86. The van der Waals surface area contributed by atoms with E-state index in [1.807, 2.05) is 36.4 Å². The highest BCUT2D eigenvalue weighted by Crippen LogP contribution is 2.47. The van der Waals surface area contributed by atoms with Crippen LogP contribution in [0, 0.1) is 0 Å². The van der Waals surface area contributed by atoms with Gasteiger partial charge < -0.3 is 23.9 Å². The van der Waals surface area contributed by atoms with Gasteiger partial charge in [0.2, 0.25) is 0 Å². The first-order valence-electron chi connectivity index (χ1n) is 11.2. The zero-order valence-corrected chi connectivity index (χ0v) is 18.6. The van der Waals surface area contributed by atoms with Crippen LogP contribution in [0.5, 0.6) is 0 Å². The van der Waals surface area contributed by atoms with Gasteiger partial charge in [0.15, 0.2) is 23.0 Å². The number of imidazole rings is 1. The molecule has 178 valence electrons. The van der Waals surface area contributed by atoms with E-state index >= 15 is 0 Å². The normalized spacial score (nSPS) is 25.2. The number of esters is 1. The molecule has 2 aliphatic heterocycles. The Labute approximate surface area is 199 Å². The summed E-state index contributed by atoms with van der Waals surface area (Å²) in [6.45, 7) is 0.461. The number of hydrogen-bond acceptors (Lipinski definition) is 8. The van der Waals surface area contributed by atoms with Crippen molar-refractivity contribution in [2.45, 2.75) is 30.6 Å². The van der Waals surface area contributed by atoms with Crippen LogP contribution in [0.2, 0.25) is 0 Å². The summed E-state index contributed by atoms with van der Waals surface area (Å²) in [7, 11) is 0. The number of aromatic amines is 1. The molecule has 4 atom stereocenters. The predicted octanol–water partition coefficient (Wildman–Crippen LogP) is 2.23. The van der Waals surface area contributed by atoms with Crippen LogP contribution in [0.1, 0.15) is 22.1 Å². The van der Waals surface area contributed by atoms with E-state index in [0.29, 0.717) is 17.8 Å². The lowest BCUT2D eigenvalue weighted by Gasteiger charge is -2.31. The van der Waals surface area contributed by atoms with E-state index < -0.39 is 30.0 Å². The molecule has 2 aliphatic rings. The monoisotopic (exact) mass is 474 g/mol. The van der Waals surface area contributed by atoms with E-state index in [9.17, 15) is 9.59 Å². The molecular formula is C25H22N4O6. The first-order valence-corrected chi connectivity index (χ1v) is 11.2. The SMILES string of the molecule is O=C(OC[C@@]12CO[C@@H]([C@H](n3cnc4c(=O)[nH]cnc43)O1)[C@@H]2OCc1ccccc1)c1ccccc1. The number of fused-ring (bicyclic) bond motifs is 3. The van der Waals surface area contributed by atoms with Gasteiger partial charge in [0.25, 0.3) is 5.56 Å². The highest BCUT2D eigenvalue weighted by atomic mass is 16.7. The Morgan fingerprint density at radius 3 is 2.69 bits per heavy atom. The Kier molecular flexibility index (Phi) is 5.40. The van der Waals surface area contributed by atoms with Crippen LogP contribution in [0.25, 0.3) is 11.2 Å². The molecule has 6 rings (SSSR count). The topological polar surface area (TPSA) is 118 Å². The van der Waals surface area contributed by atoms with E-state index in [-0.39, 0.29) is 24.3 Å². The first kappa shape index (κ1) is 21.7. The van der Waals surface area contributed by atoms with Crippen molar-refractivity contribution in [1.82, 2.24) is 19.5 Å². The average Bonchev–Trinajstić information content (AvgIpc) is 3.57. The van der Waals surface area contributed by atoms with Gasteiger partial charge in [-0.2, -0.15) is 0 Å². The Balaban J connectivity index is 1.29. The Bertz CT molecular complexity index is 1410. The lowest BCUT2D eigenvalue weighted by molar-refractivity contribution is -0.187. The van der Waals surface area contributed by atoms with E-state index in [0.717, 1.165) is 5.56 Å². The first-order chi connectivity index (χ1) is 17.1. The summed E-state index contributed by atoms with van der Waals surface area (Å²) in [5, 5.41) is 0. The summed E-state index contributed by atoms with van der Waals surface area (Å²) in [6.07, 6.45) is 1.10. The molecule has 35 heavy (non-hydrogen) atoms. The second kappa shape index (κ2) is 8.73. The lowest BCUT2D eigenvalue weighted by atomic mass is 10.00. The summed E-state index contributed by atoms with van der Waals surface area (Å²) >= 11 is 0. The molecule has 2 bridgehead atoms. The Morgan fingerprint density at radius 1 is 1.11 bits per heavy atom. The van der Waals surface area contributed by atoms with Crippen molar-refractivity contribution in [2.24, 2.45) is 0 Å². The fraction of sp³-hybridized carbons (Fsp3) is 0.280. The van der Waals surface area contributed by atoms with Crippen molar-refractivity contribution in [1.29, 1.82) is 0 Å². The van der Waals surface area contributed by atoms with Crippen molar-refractivity contribution < 1.29 is 23.7 Å². The minimum absolute atomic E-state index is 0.0617. The van der Waals surface area contributed by atoms with Gasteiger partial charge in [-0.3, -0.25) is 9.36 Å². The van der Waals surface area contributed by atoms with Crippen LogP contribution in [-0.4, -0.2) is 56.5 Å². The molecule has 0 aliphatic carbocycles.